The van der Waals surface area contributed by atoms with Crippen LogP contribution >= 0.6 is 11.8 Å². The number of furan rings is 1. The van der Waals surface area contributed by atoms with Gasteiger partial charge in [0.2, 0.25) is 0 Å². The number of nitrogens with one attached hydrogen (secondary N) is 1. The molecule has 1 N–H and O–H groups in total. The quantitative estimate of drug-likeness (QED) is 0.831. The number of hydrogen-bond acceptors (Lipinski definition) is 4. The topological polar surface area (TPSA) is 28.4 Å². The van der Waals surface area contributed by atoms with Crippen molar-refractivity contribution in [3.63, 3.8) is 0 Å². The summed E-state index contributed by atoms with van der Waals surface area (Å²) in [7, 11) is 0. The van der Waals surface area contributed by atoms with E-state index in [1.54, 1.807) is 6.26 Å². The Balaban J connectivity index is 1.40. The highest BCUT2D eigenvalue weighted by molar-refractivity contribution is 7.99. The maximum atomic E-state index is 5.48. The van der Waals surface area contributed by atoms with Gasteiger partial charge in [-0.05, 0) is 50.9 Å². The van der Waals surface area contributed by atoms with Gasteiger partial charge in [-0.25, -0.2) is 0 Å². The molecule has 1 aromatic rings. The zero-order chi connectivity index (χ0) is 12.9. The van der Waals surface area contributed by atoms with E-state index in [1.165, 1.54) is 51.1 Å². The fraction of sp³-hybridized carbons (Fsp3) is 0.733. The average molecular weight is 280 g/mol. The van der Waals surface area contributed by atoms with Crippen molar-refractivity contribution in [3.8, 4) is 0 Å². The van der Waals surface area contributed by atoms with Gasteiger partial charge in [-0.3, -0.25) is 4.90 Å². The molecule has 2 aliphatic rings. The molecule has 3 nitrogen and oxygen atoms in total. The fourth-order valence-corrected chi connectivity index (χ4v) is 3.97. The molecule has 106 valence electrons. The van der Waals surface area contributed by atoms with E-state index in [1.807, 2.05) is 6.07 Å². The van der Waals surface area contributed by atoms with Gasteiger partial charge in [0, 0.05) is 23.6 Å². The van der Waals surface area contributed by atoms with Gasteiger partial charge in [-0.15, -0.1) is 0 Å². The van der Waals surface area contributed by atoms with Crippen LogP contribution < -0.4 is 5.32 Å². The predicted octanol–water partition coefficient (Wildman–Crippen LogP) is 2.73. The lowest BCUT2D eigenvalue weighted by molar-refractivity contribution is 0.248. The fourth-order valence-electron chi connectivity index (χ4n) is 2.73. The molecule has 1 aromatic heterocycles. The Labute approximate surface area is 120 Å². The van der Waals surface area contributed by atoms with E-state index < -0.39 is 0 Å². The molecular formula is C15H24N2OS. The predicted molar refractivity (Wildman–Crippen MR) is 80.5 cm³/mol. The van der Waals surface area contributed by atoms with E-state index in [2.05, 4.69) is 28.0 Å². The molecule has 0 spiro atoms. The minimum absolute atomic E-state index is 0.818. The Morgan fingerprint density at radius 1 is 1.26 bits per heavy atom. The van der Waals surface area contributed by atoms with Gasteiger partial charge in [0.15, 0.2) is 0 Å². The van der Waals surface area contributed by atoms with Crippen LogP contribution in [0.2, 0.25) is 0 Å². The van der Waals surface area contributed by atoms with Crippen LogP contribution in [0.5, 0.6) is 0 Å². The van der Waals surface area contributed by atoms with Crippen molar-refractivity contribution >= 4 is 11.8 Å². The van der Waals surface area contributed by atoms with Crippen LogP contribution in [-0.4, -0.2) is 41.6 Å². The molecule has 0 amide bonds. The van der Waals surface area contributed by atoms with Gasteiger partial charge in [0.05, 0.1) is 12.8 Å². The van der Waals surface area contributed by atoms with E-state index in [9.17, 15) is 0 Å². The molecule has 1 aliphatic carbocycles. The SMILES string of the molecule is c1coc(CN(CCSC2CCNCC2)C2CC2)c1. The van der Waals surface area contributed by atoms with Crippen molar-refractivity contribution in [2.75, 3.05) is 25.4 Å². The van der Waals surface area contributed by atoms with Gasteiger partial charge in [0.1, 0.15) is 5.76 Å². The van der Waals surface area contributed by atoms with Gasteiger partial charge < -0.3 is 9.73 Å². The largest absolute Gasteiger partial charge is 0.468 e. The number of hydrogen-bond donors (Lipinski definition) is 1. The highest BCUT2D eigenvalue weighted by Gasteiger charge is 2.29. The smallest absolute Gasteiger partial charge is 0.117 e. The van der Waals surface area contributed by atoms with Crippen molar-refractivity contribution in [1.29, 1.82) is 0 Å². The highest BCUT2D eigenvalue weighted by Crippen LogP contribution is 2.29. The van der Waals surface area contributed by atoms with E-state index in [0.717, 1.165) is 23.6 Å². The molecule has 1 aliphatic heterocycles. The van der Waals surface area contributed by atoms with Crippen molar-refractivity contribution in [3.05, 3.63) is 24.2 Å². The van der Waals surface area contributed by atoms with Crippen molar-refractivity contribution in [2.45, 2.75) is 43.5 Å². The Morgan fingerprint density at radius 3 is 2.79 bits per heavy atom. The first-order chi connectivity index (χ1) is 9.42. The molecule has 0 atom stereocenters. The Bertz CT molecular complexity index is 358. The number of thioether (sulfide) groups is 1. The molecule has 1 saturated carbocycles. The van der Waals surface area contributed by atoms with Crippen LogP contribution in [0.15, 0.2) is 22.8 Å². The molecule has 0 radical (unpaired) electrons. The molecule has 0 unspecified atom stereocenters. The summed E-state index contributed by atoms with van der Waals surface area (Å²) < 4.78 is 5.48. The second kappa shape index (κ2) is 6.82. The van der Waals surface area contributed by atoms with Gasteiger partial charge in [-0.2, -0.15) is 11.8 Å². The van der Waals surface area contributed by atoms with E-state index >= 15 is 0 Å². The lowest BCUT2D eigenvalue weighted by Gasteiger charge is -2.25. The maximum Gasteiger partial charge on any atom is 0.117 e. The van der Waals surface area contributed by atoms with Gasteiger partial charge in [0.25, 0.3) is 0 Å². The second-order valence-corrected chi connectivity index (χ2v) is 7.01. The molecule has 1 saturated heterocycles. The minimum Gasteiger partial charge on any atom is -0.468 e. The molecule has 4 heteroatoms. The molecule has 0 bridgehead atoms. The van der Waals surface area contributed by atoms with Crippen molar-refractivity contribution in [2.24, 2.45) is 0 Å². The Kier molecular flexibility index (Phi) is 4.86. The maximum absolute atomic E-state index is 5.48. The number of rotatable bonds is 7. The zero-order valence-corrected chi connectivity index (χ0v) is 12.3. The third-order valence-corrected chi connectivity index (χ3v) is 5.38. The first-order valence-corrected chi connectivity index (χ1v) is 8.55. The molecule has 0 aromatic carbocycles. The molecule has 3 rings (SSSR count). The Morgan fingerprint density at radius 2 is 2.11 bits per heavy atom. The van der Waals surface area contributed by atoms with Crippen LogP contribution in [0, 0.1) is 0 Å². The summed E-state index contributed by atoms with van der Waals surface area (Å²) in [6, 6.07) is 4.90. The summed E-state index contributed by atoms with van der Waals surface area (Å²) in [5.41, 5.74) is 0. The molecule has 2 heterocycles. The average Bonchev–Trinajstić information content (AvgIpc) is 3.17. The molecule has 2 fully saturated rings. The monoisotopic (exact) mass is 280 g/mol. The van der Waals surface area contributed by atoms with Crippen LogP contribution in [0.4, 0.5) is 0 Å². The van der Waals surface area contributed by atoms with Crippen molar-refractivity contribution < 1.29 is 4.42 Å². The lowest BCUT2D eigenvalue weighted by Crippen LogP contribution is -2.31. The summed E-state index contributed by atoms with van der Waals surface area (Å²) in [5, 5.41) is 4.32. The summed E-state index contributed by atoms with van der Waals surface area (Å²) in [6.45, 7) is 4.61. The zero-order valence-electron chi connectivity index (χ0n) is 11.5. The standard InChI is InChI=1S/C15H24N2OS/c1-2-14(18-10-1)12-17(13-3-4-13)9-11-19-15-5-7-16-8-6-15/h1-2,10,13,15-16H,3-9,11-12H2. The van der Waals surface area contributed by atoms with Crippen LogP contribution in [0.1, 0.15) is 31.4 Å². The van der Waals surface area contributed by atoms with E-state index in [0.29, 0.717) is 0 Å². The minimum atomic E-state index is 0.818. The summed E-state index contributed by atoms with van der Waals surface area (Å²) in [6.07, 6.45) is 7.21. The van der Waals surface area contributed by atoms with Crippen LogP contribution in [0.3, 0.4) is 0 Å². The van der Waals surface area contributed by atoms with Gasteiger partial charge >= 0.3 is 0 Å². The van der Waals surface area contributed by atoms with E-state index in [4.69, 9.17) is 4.42 Å². The normalized spacial score (nSPS) is 21.1. The Hall–Kier alpha value is -0.450. The summed E-state index contributed by atoms with van der Waals surface area (Å²) in [4.78, 5) is 2.60. The summed E-state index contributed by atoms with van der Waals surface area (Å²) >= 11 is 2.17. The first kappa shape index (κ1) is 13.5. The molecular weight excluding hydrogens is 256 g/mol. The van der Waals surface area contributed by atoms with Crippen LogP contribution in [-0.2, 0) is 6.54 Å². The molecule has 19 heavy (non-hydrogen) atoms. The third-order valence-electron chi connectivity index (χ3n) is 4.02. The second-order valence-electron chi connectivity index (χ2n) is 5.60. The van der Waals surface area contributed by atoms with E-state index in [-0.39, 0.29) is 0 Å². The van der Waals surface area contributed by atoms with Gasteiger partial charge in [-0.1, -0.05) is 0 Å². The number of piperidine rings is 1. The van der Waals surface area contributed by atoms with Crippen molar-refractivity contribution in [1.82, 2.24) is 10.2 Å². The lowest BCUT2D eigenvalue weighted by atomic mass is 10.2. The number of nitrogens with zero attached hydrogens (tertiary/aromatic N) is 1. The highest BCUT2D eigenvalue weighted by atomic mass is 32.2. The third kappa shape index (κ3) is 4.26. The van der Waals surface area contributed by atoms with Crippen LogP contribution in [0.25, 0.3) is 0 Å². The summed E-state index contributed by atoms with van der Waals surface area (Å²) in [5.74, 6) is 2.38. The first-order valence-electron chi connectivity index (χ1n) is 7.50.